The van der Waals surface area contributed by atoms with E-state index in [4.69, 9.17) is 10.5 Å². The molecule has 0 spiro atoms. The largest absolute Gasteiger partial charge is 0.378 e. The normalized spacial score (nSPS) is 16.1. The molecule has 1 aliphatic heterocycles. The Morgan fingerprint density at radius 1 is 1.48 bits per heavy atom. The summed E-state index contributed by atoms with van der Waals surface area (Å²) >= 11 is 0. The second kappa shape index (κ2) is 7.19. The quantitative estimate of drug-likeness (QED) is 0.459. The summed E-state index contributed by atoms with van der Waals surface area (Å²) in [6.07, 6.45) is 2.56. The third-order valence-electron chi connectivity index (χ3n) is 3.53. The van der Waals surface area contributed by atoms with Crippen molar-refractivity contribution in [2.45, 2.75) is 25.4 Å². The van der Waals surface area contributed by atoms with Crippen molar-refractivity contribution in [3.05, 3.63) is 27.9 Å². The van der Waals surface area contributed by atoms with Crippen molar-refractivity contribution < 1.29 is 14.5 Å². The molecule has 0 aliphatic carbocycles. The van der Waals surface area contributed by atoms with Crippen molar-refractivity contribution in [3.63, 3.8) is 0 Å². The molecule has 1 aliphatic rings. The Balaban J connectivity index is 1.83. The van der Waals surface area contributed by atoms with Gasteiger partial charge in [0.25, 0.3) is 5.91 Å². The van der Waals surface area contributed by atoms with Crippen LogP contribution in [0.3, 0.4) is 0 Å². The fraction of sp³-hybridized carbons (Fsp3) is 0.615. The van der Waals surface area contributed by atoms with Gasteiger partial charge in [0, 0.05) is 25.8 Å². The number of nitrogens with one attached hydrogen (secondary N) is 1. The van der Waals surface area contributed by atoms with Gasteiger partial charge in [-0.1, -0.05) is 0 Å². The number of nitro groups is 1. The van der Waals surface area contributed by atoms with Gasteiger partial charge in [-0.15, -0.1) is 0 Å². The van der Waals surface area contributed by atoms with Crippen molar-refractivity contribution in [1.29, 1.82) is 0 Å². The molecule has 21 heavy (non-hydrogen) atoms. The molecule has 8 heteroatoms. The van der Waals surface area contributed by atoms with Gasteiger partial charge in [0.2, 0.25) is 0 Å². The van der Waals surface area contributed by atoms with Gasteiger partial charge in [-0.2, -0.15) is 0 Å². The van der Waals surface area contributed by atoms with E-state index in [1.54, 1.807) is 4.90 Å². The molecule has 2 rings (SSSR count). The molecule has 0 radical (unpaired) electrons. The standard InChI is InChI=1S/C13H20N4O4/c14-6-1-9-21-10-4-7-16(8-5-10)13(18)11-2-3-12(15-11)17(19)20/h2-3,10,15H,1,4-9,14H2. The molecule has 8 nitrogen and oxygen atoms in total. The number of nitrogens with zero attached hydrogens (tertiary/aromatic N) is 2. The van der Waals surface area contributed by atoms with Crippen LogP contribution in [0.15, 0.2) is 12.1 Å². The molecule has 1 aromatic heterocycles. The van der Waals surface area contributed by atoms with Crippen LogP contribution >= 0.6 is 0 Å². The molecule has 0 aromatic carbocycles. The van der Waals surface area contributed by atoms with E-state index >= 15 is 0 Å². The zero-order valence-electron chi connectivity index (χ0n) is 11.8. The predicted molar refractivity (Wildman–Crippen MR) is 76.0 cm³/mol. The summed E-state index contributed by atoms with van der Waals surface area (Å²) in [6.45, 7) is 2.46. The highest BCUT2D eigenvalue weighted by Gasteiger charge is 2.26. The van der Waals surface area contributed by atoms with Gasteiger partial charge in [0.05, 0.1) is 6.10 Å². The van der Waals surface area contributed by atoms with Gasteiger partial charge < -0.3 is 25.5 Å². The van der Waals surface area contributed by atoms with Gasteiger partial charge in [0.1, 0.15) is 0 Å². The summed E-state index contributed by atoms with van der Waals surface area (Å²) in [5, 5.41) is 10.6. The number of piperidine rings is 1. The van der Waals surface area contributed by atoms with E-state index in [9.17, 15) is 14.9 Å². The van der Waals surface area contributed by atoms with E-state index in [2.05, 4.69) is 4.98 Å². The first kappa shape index (κ1) is 15.5. The lowest BCUT2D eigenvalue weighted by Crippen LogP contribution is -2.41. The Morgan fingerprint density at radius 3 is 2.76 bits per heavy atom. The molecule has 116 valence electrons. The Kier molecular flexibility index (Phi) is 5.29. The molecule has 0 saturated carbocycles. The second-order valence-electron chi connectivity index (χ2n) is 5.02. The van der Waals surface area contributed by atoms with Crippen LogP contribution in [0, 0.1) is 10.1 Å². The number of hydrogen-bond donors (Lipinski definition) is 2. The van der Waals surface area contributed by atoms with E-state index in [1.165, 1.54) is 12.1 Å². The SMILES string of the molecule is NCCCOC1CCN(C(=O)c2ccc([N+](=O)[O-])[nH]2)CC1. The molecule has 1 fully saturated rings. The number of hydrogen-bond acceptors (Lipinski definition) is 5. The van der Waals surface area contributed by atoms with E-state index < -0.39 is 4.92 Å². The average Bonchev–Trinajstić information content (AvgIpc) is 2.97. The summed E-state index contributed by atoms with van der Waals surface area (Å²) in [5.74, 6) is -0.373. The van der Waals surface area contributed by atoms with Crippen LogP contribution in [0.1, 0.15) is 29.8 Å². The molecule has 2 heterocycles. The number of likely N-dealkylation sites (tertiary alicyclic amines) is 1. The van der Waals surface area contributed by atoms with E-state index in [0.717, 1.165) is 19.3 Å². The highest BCUT2D eigenvalue weighted by atomic mass is 16.6. The molecule has 0 atom stereocenters. The molecular formula is C13H20N4O4. The molecule has 1 aromatic rings. The number of aromatic nitrogens is 1. The molecule has 1 saturated heterocycles. The minimum atomic E-state index is -0.547. The molecule has 1 amide bonds. The Labute approximate surface area is 122 Å². The number of aromatic amines is 1. The number of carbonyl (C=O) groups excluding carboxylic acids is 1. The van der Waals surface area contributed by atoms with Crippen LogP contribution in [-0.4, -0.2) is 53.1 Å². The van der Waals surface area contributed by atoms with Crippen molar-refractivity contribution in [2.75, 3.05) is 26.2 Å². The van der Waals surface area contributed by atoms with Gasteiger partial charge in [-0.25, -0.2) is 4.98 Å². The monoisotopic (exact) mass is 296 g/mol. The minimum absolute atomic E-state index is 0.165. The maximum Gasteiger partial charge on any atom is 0.321 e. The first-order valence-electron chi connectivity index (χ1n) is 7.06. The Hall–Kier alpha value is -1.93. The van der Waals surface area contributed by atoms with Crippen LogP contribution in [-0.2, 0) is 4.74 Å². The van der Waals surface area contributed by atoms with Crippen molar-refractivity contribution in [1.82, 2.24) is 9.88 Å². The smallest absolute Gasteiger partial charge is 0.321 e. The van der Waals surface area contributed by atoms with Gasteiger partial charge >= 0.3 is 5.82 Å². The van der Waals surface area contributed by atoms with Gasteiger partial charge in [0.15, 0.2) is 5.69 Å². The Morgan fingerprint density at radius 2 is 2.19 bits per heavy atom. The third-order valence-corrected chi connectivity index (χ3v) is 3.53. The average molecular weight is 296 g/mol. The highest BCUT2D eigenvalue weighted by molar-refractivity contribution is 5.93. The van der Waals surface area contributed by atoms with E-state index in [1.807, 2.05) is 0 Å². The van der Waals surface area contributed by atoms with Crippen molar-refractivity contribution >= 4 is 11.7 Å². The zero-order chi connectivity index (χ0) is 15.2. The fourth-order valence-corrected chi connectivity index (χ4v) is 2.34. The third kappa shape index (κ3) is 4.02. The summed E-state index contributed by atoms with van der Waals surface area (Å²) < 4.78 is 5.68. The summed E-state index contributed by atoms with van der Waals surface area (Å²) in [6, 6.07) is 2.75. The number of nitrogens with two attached hydrogens (primary N) is 1. The van der Waals surface area contributed by atoms with Crippen LogP contribution in [0.4, 0.5) is 5.82 Å². The van der Waals surface area contributed by atoms with Gasteiger partial charge in [-0.05, 0) is 36.8 Å². The van der Waals surface area contributed by atoms with Crippen LogP contribution in [0.2, 0.25) is 0 Å². The zero-order valence-corrected chi connectivity index (χ0v) is 11.8. The Bertz CT molecular complexity index is 494. The first-order chi connectivity index (χ1) is 10.1. The topological polar surface area (TPSA) is 114 Å². The lowest BCUT2D eigenvalue weighted by molar-refractivity contribution is -0.389. The van der Waals surface area contributed by atoms with Crippen LogP contribution < -0.4 is 5.73 Å². The molecular weight excluding hydrogens is 276 g/mol. The molecule has 0 bridgehead atoms. The van der Waals surface area contributed by atoms with Crippen LogP contribution in [0.25, 0.3) is 0 Å². The lowest BCUT2D eigenvalue weighted by Gasteiger charge is -2.31. The summed E-state index contributed by atoms with van der Waals surface area (Å²) in [7, 11) is 0. The van der Waals surface area contributed by atoms with E-state index in [-0.39, 0.29) is 23.5 Å². The van der Waals surface area contributed by atoms with Crippen LogP contribution in [0.5, 0.6) is 0 Å². The number of ether oxygens (including phenoxy) is 1. The first-order valence-corrected chi connectivity index (χ1v) is 7.06. The highest BCUT2D eigenvalue weighted by Crippen LogP contribution is 2.18. The fourth-order valence-electron chi connectivity index (χ4n) is 2.34. The second-order valence-corrected chi connectivity index (χ2v) is 5.02. The van der Waals surface area contributed by atoms with Crippen molar-refractivity contribution in [2.24, 2.45) is 5.73 Å². The summed E-state index contributed by atoms with van der Waals surface area (Å²) in [5.41, 5.74) is 5.66. The summed E-state index contributed by atoms with van der Waals surface area (Å²) in [4.78, 5) is 26.5. The predicted octanol–water partition coefficient (Wildman–Crippen LogP) is 0.893. The van der Waals surface area contributed by atoms with Gasteiger partial charge in [-0.3, -0.25) is 4.79 Å². The molecule has 3 N–H and O–H groups in total. The lowest BCUT2D eigenvalue weighted by atomic mass is 10.1. The maximum absolute atomic E-state index is 12.2. The minimum Gasteiger partial charge on any atom is -0.378 e. The molecule has 0 unspecified atom stereocenters. The number of H-pyrrole nitrogens is 1. The number of carbonyl (C=O) groups is 1. The number of rotatable bonds is 6. The number of amides is 1. The maximum atomic E-state index is 12.2. The van der Waals surface area contributed by atoms with E-state index in [0.29, 0.717) is 26.2 Å². The van der Waals surface area contributed by atoms with Crippen molar-refractivity contribution in [3.8, 4) is 0 Å².